The fraction of sp³-hybridized carbons (Fsp3) is 0.857. The maximum absolute atomic E-state index is 7.67. The molecule has 1 aromatic rings. The number of terminal acetylenes is 1. The molecule has 0 spiro atoms. The van der Waals surface area contributed by atoms with Gasteiger partial charge in [-0.2, -0.15) is 5.10 Å². The normalized spacial score (nSPS) is 41.7. The molecule has 4 N–H and O–H groups in total. The van der Waals surface area contributed by atoms with Gasteiger partial charge in [0.25, 0.3) is 0 Å². The molecule has 4 saturated carbocycles. The first-order valence-corrected chi connectivity index (χ1v) is 16.7. The second-order valence-electron chi connectivity index (χ2n) is 13.9. The molecule has 4 aliphatic rings. The van der Waals surface area contributed by atoms with E-state index in [9.17, 15) is 0 Å². The number of hydrogen-bond donors (Lipinski definition) is 2. The molecule has 4 fully saturated rings. The van der Waals surface area contributed by atoms with Crippen molar-refractivity contribution in [2.75, 3.05) is 0 Å². The van der Waals surface area contributed by atoms with Crippen molar-refractivity contribution < 1.29 is 0 Å². The summed E-state index contributed by atoms with van der Waals surface area (Å²) in [4.78, 5) is 0. The summed E-state index contributed by atoms with van der Waals surface area (Å²) in [7, 11) is 0. The van der Waals surface area contributed by atoms with Gasteiger partial charge in [-0.25, -0.2) is 0 Å². The molecule has 5 rings (SSSR count). The molecule has 0 saturated heterocycles. The Morgan fingerprint density at radius 1 is 1.03 bits per heavy atom. The van der Waals surface area contributed by atoms with Gasteiger partial charge in [-0.05, 0) is 98.2 Å². The summed E-state index contributed by atoms with van der Waals surface area (Å²) in [6, 6.07) is 0. The lowest BCUT2D eigenvalue weighted by molar-refractivity contribution is -0.164. The summed E-state index contributed by atoms with van der Waals surface area (Å²) in [5.74, 6) is 5.84. The van der Waals surface area contributed by atoms with Gasteiger partial charge in [-0.3, -0.25) is 4.68 Å². The molecule has 9 atom stereocenters. The summed E-state index contributed by atoms with van der Waals surface area (Å²) >= 11 is 0. The number of nitrogens with zero attached hydrogens (tertiary/aromatic N) is 2. The average Bonchev–Trinajstić information content (AvgIpc) is 3.39. The summed E-state index contributed by atoms with van der Waals surface area (Å²) in [6.45, 7) is 18.8. The first-order chi connectivity index (χ1) is 18.6. The van der Waals surface area contributed by atoms with Gasteiger partial charge < -0.3 is 11.5 Å². The van der Waals surface area contributed by atoms with Crippen LogP contribution in [0.2, 0.25) is 0 Å². The first-order valence-electron chi connectivity index (χ1n) is 16.7. The summed E-state index contributed by atoms with van der Waals surface area (Å²) in [5, 5.41) is 4.54. The third-order valence-electron chi connectivity index (χ3n) is 12.1. The molecule has 4 heteroatoms. The minimum Gasteiger partial charge on any atom is -0.325 e. The molecule has 1 heterocycles. The van der Waals surface area contributed by atoms with E-state index >= 15 is 0 Å². The summed E-state index contributed by atoms with van der Waals surface area (Å²) in [6.07, 6.45) is 24.6. The monoisotopic (exact) mass is 538 g/mol. The van der Waals surface area contributed by atoms with E-state index in [1.54, 1.807) is 0 Å². The second-order valence-corrected chi connectivity index (χ2v) is 13.9. The van der Waals surface area contributed by atoms with Gasteiger partial charge in [0.15, 0.2) is 0 Å². The molecule has 0 amide bonds. The molecule has 222 valence electrons. The number of hydrogen-bond acceptors (Lipinski definition) is 3. The number of aromatic nitrogens is 2. The molecule has 39 heavy (non-hydrogen) atoms. The van der Waals surface area contributed by atoms with Crippen molar-refractivity contribution in [2.45, 2.75) is 150 Å². The predicted molar refractivity (Wildman–Crippen MR) is 167 cm³/mol. The van der Waals surface area contributed by atoms with Crippen LogP contribution in [0.4, 0.5) is 0 Å². The molecule has 1 aromatic heterocycles. The van der Waals surface area contributed by atoms with E-state index in [0.29, 0.717) is 23.7 Å². The quantitative estimate of drug-likeness (QED) is 0.371. The number of rotatable bonds is 5. The van der Waals surface area contributed by atoms with Crippen LogP contribution in [-0.2, 0) is 6.54 Å². The van der Waals surface area contributed by atoms with Crippen molar-refractivity contribution in [1.29, 1.82) is 0 Å². The van der Waals surface area contributed by atoms with E-state index in [1.807, 2.05) is 40.1 Å². The zero-order valence-electron chi connectivity index (χ0n) is 26.9. The van der Waals surface area contributed by atoms with E-state index in [2.05, 4.69) is 43.4 Å². The fourth-order valence-corrected chi connectivity index (χ4v) is 10.4. The van der Waals surface area contributed by atoms with Crippen LogP contribution in [-0.4, -0.2) is 20.9 Å². The minimum absolute atomic E-state index is 0.0924. The predicted octanol–water partition coefficient (Wildman–Crippen LogP) is 8.18. The lowest BCUT2D eigenvalue weighted by Crippen LogP contribution is -2.77. The molecule has 0 radical (unpaired) electrons. The Morgan fingerprint density at radius 3 is 2.38 bits per heavy atom. The van der Waals surface area contributed by atoms with Gasteiger partial charge in [0.2, 0.25) is 0 Å². The van der Waals surface area contributed by atoms with Crippen LogP contribution >= 0.6 is 0 Å². The first kappa shape index (κ1) is 32.2. The Kier molecular flexibility index (Phi) is 10.5. The van der Waals surface area contributed by atoms with Crippen molar-refractivity contribution in [3.05, 3.63) is 18.0 Å². The largest absolute Gasteiger partial charge is 0.325 e. The molecule has 9 unspecified atom stereocenters. The van der Waals surface area contributed by atoms with E-state index < -0.39 is 0 Å². The third kappa shape index (κ3) is 5.49. The van der Waals surface area contributed by atoms with E-state index in [0.717, 1.165) is 24.4 Å². The second kappa shape index (κ2) is 12.7. The zero-order valence-corrected chi connectivity index (χ0v) is 26.9. The summed E-state index contributed by atoms with van der Waals surface area (Å²) in [5.41, 5.74) is 16.4. The van der Waals surface area contributed by atoms with Crippen molar-refractivity contribution in [1.82, 2.24) is 9.78 Å². The maximum atomic E-state index is 7.67. The van der Waals surface area contributed by atoms with E-state index in [1.165, 1.54) is 70.6 Å². The van der Waals surface area contributed by atoms with Gasteiger partial charge in [0.05, 0.1) is 11.8 Å². The molecule has 4 nitrogen and oxygen atoms in total. The van der Waals surface area contributed by atoms with Crippen LogP contribution in [0.5, 0.6) is 0 Å². The molecule has 0 aromatic carbocycles. The van der Waals surface area contributed by atoms with Crippen molar-refractivity contribution >= 4 is 0 Å². The highest BCUT2D eigenvalue weighted by Gasteiger charge is 2.67. The van der Waals surface area contributed by atoms with Crippen LogP contribution in [0, 0.1) is 52.8 Å². The van der Waals surface area contributed by atoms with Crippen molar-refractivity contribution in [3.63, 3.8) is 0 Å². The smallest absolute Gasteiger partial charge is 0.0646 e. The molecule has 0 aliphatic heterocycles. The molecule has 4 aliphatic carbocycles. The van der Waals surface area contributed by atoms with Gasteiger partial charge in [0.1, 0.15) is 0 Å². The van der Waals surface area contributed by atoms with Gasteiger partial charge in [-0.15, -0.1) is 6.42 Å². The van der Waals surface area contributed by atoms with Crippen molar-refractivity contribution in [2.24, 2.45) is 51.9 Å². The van der Waals surface area contributed by atoms with Crippen LogP contribution in [0.3, 0.4) is 0 Å². The maximum Gasteiger partial charge on any atom is 0.0646 e. The van der Waals surface area contributed by atoms with Crippen molar-refractivity contribution in [3.8, 4) is 12.3 Å². The molecule has 0 bridgehead atoms. The highest BCUT2D eigenvalue weighted by Crippen LogP contribution is 2.68. The van der Waals surface area contributed by atoms with Gasteiger partial charge in [-0.1, -0.05) is 80.6 Å². The van der Waals surface area contributed by atoms with E-state index in [4.69, 9.17) is 17.9 Å². The Balaban J connectivity index is 0.00000100. The lowest BCUT2D eigenvalue weighted by Gasteiger charge is -2.71. The lowest BCUT2D eigenvalue weighted by atomic mass is 9.37. The highest BCUT2D eigenvalue weighted by atomic mass is 15.3. The van der Waals surface area contributed by atoms with Gasteiger partial charge in [0, 0.05) is 23.8 Å². The Labute approximate surface area is 241 Å². The zero-order chi connectivity index (χ0) is 29.1. The Bertz CT molecular complexity index is 962. The third-order valence-corrected chi connectivity index (χ3v) is 12.1. The van der Waals surface area contributed by atoms with Crippen LogP contribution in [0.15, 0.2) is 12.4 Å². The molecular weight excluding hydrogens is 476 g/mol. The Hall–Kier alpha value is -1.31. The fourth-order valence-electron chi connectivity index (χ4n) is 10.4. The molecular formula is C35H62N4. The minimum atomic E-state index is -0.112. The number of fused-ring (bicyclic) bond motifs is 5. The Morgan fingerprint density at radius 2 is 1.74 bits per heavy atom. The standard InChI is InChI=1S/C31H50N4.2C2H6/c1-6-9-24-12-15-31(33)27-13-14-29(5)25(22(3)20-35-21-23(7-2)19-34-35)10-8-11-26(29)30(27,32)17-16-28(31,4)18-24;2*1-2/h2,19,21-22,24-27H,6,8-18,20,32-33H2,1,3-5H3;2*1-2H3. The SMILES string of the molecule is C#Cc1cnn(CC(C)C2CCCC3C2(C)CCC2C3(N)CCC3(C)CC(CCC)CCC23N)c1.CC.CC. The van der Waals surface area contributed by atoms with Crippen LogP contribution in [0.25, 0.3) is 0 Å². The average molecular weight is 539 g/mol. The van der Waals surface area contributed by atoms with E-state index in [-0.39, 0.29) is 21.9 Å². The topological polar surface area (TPSA) is 69.9 Å². The summed E-state index contributed by atoms with van der Waals surface area (Å²) < 4.78 is 2.06. The number of nitrogens with two attached hydrogens (primary N) is 2. The van der Waals surface area contributed by atoms with Crippen LogP contribution in [0.1, 0.15) is 138 Å². The van der Waals surface area contributed by atoms with Gasteiger partial charge >= 0.3 is 0 Å². The van der Waals surface area contributed by atoms with Crippen LogP contribution < -0.4 is 11.5 Å². The highest BCUT2D eigenvalue weighted by molar-refractivity contribution is 5.26.